The van der Waals surface area contributed by atoms with Gasteiger partial charge >= 0.3 is 6.03 Å². The summed E-state index contributed by atoms with van der Waals surface area (Å²) >= 11 is 0. The molecule has 0 bridgehead atoms. The van der Waals surface area contributed by atoms with E-state index < -0.39 is 0 Å². The second-order valence-electron chi connectivity index (χ2n) is 5.82. The van der Waals surface area contributed by atoms with Gasteiger partial charge in [-0.1, -0.05) is 0 Å². The summed E-state index contributed by atoms with van der Waals surface area (Å²) in [5, 5.41) is 6.86. The third kappa shape index (κ3) is 3.37. The normalized spacial score (nSPS) is 22.0. The van der Waals surface area contributed by atoms with Gasteiger partial charge in [0.25, 0.3) is 0 Å². The number of likely N-dealkylation sites (tertiary alicyclic amines) is 1. The quantitative estimate of drug-likeness (QED) is 0.835. The van der Waals surface area contributed by atoms with E-state index in [1.165, 1.54) is 6.33 Å². The Morgan fingerprint density at radius 3 is 3.05 bits per heavy atom. The molecule has 22 heavy (non-hydrogen) atoms. The van der Waals surface area contributed by atoms with Crippen LogP contribution >= 0.6 is 0 Å². The Kier molecular flexibility index (Phi) is 4.55. The molecule has 2 saturated heterocycles. The van der Waals surface area contributed by atoms with Crippen LogP contribution in [0.4, 0.5) is 4.79 Å². The monoisotopic (exact) mass is 306 g/mol. The number of aromatic nitrogens is 3. The van der Waals surface area contributed by atoms with Crippen LogP contribution in [0, 0.1) is 0 Å². The number of nitrogens with zero attached hydrogens (tertiary/aromatic N) is 5. The summed E-state index contributed by atoms with van der Waals surface area (Å²) in [5.41, 5.74) is 0. The van der Waals surface area contributed by atoms with Crippen LogP contribution in [0.2, 0.25) is 0 Å². The van der Waals surface area contributed by atoms with E-state index in [4.69, 9.17) is 0 Å². The van der Waals surface area contributed by atoms with Gasteiger partial charge in [-0.05, 0) is 19.3 Å². The lowest BCUT2D eigenvalue weighted by molar-refractivity contribution is -0.133. The molecule has 3 amide bonds. The number of hydrogen-bond acceptors (Lipinski definition) is 4. The highest BCUT2D eigenvalue weighted by Gasteiger charge is 2.32. The van der Waals surface area contributed by atoms with Crippen LogP contribution in [-0.2, 0) is 11.3 Å². The third-order valence-electron chi connectivity index (χ3n) is 4.32. The fourth-order valence-corrected chi connectivity index (χ4v) is 3.17. The second-order valence-corrected chi connectivity index (χ2v) is 5.82. The molecule has 2 aliphatic heterocycles. The molecule has 0 aliphatic carbocycles. The molecule has 1 atom stereocenters. The molecule has 1 aromatic rings. The lowest BCUT2D eigenvalue weighted by Gasteiger charge is -2.37. The van der Waals surface area contributed by atoms with E-state index in [1.54, 1.807) is 11.0 Å². The first-order valence-corrected chi connectivity index (χ1v) is 7.88. The number of carbonyl (C=O) groups excluding carboxylic acids is 2. The van der Waals surface area contributed by atoms with Crippen molar-refractivity contribution in [1.82, 2.24) is 29.9 Å². The topological polar surface area (TPSA) is 83.4 Å². The summed E-state index contributed by atoms with van der Waals surface area (Å²) in [7, 11) is 0. The fourth-order valence-electron chi connectivity index (χ4n) is 3.17. The zero-order chi connectivity index (χ0) is 15.4. The van der Waals surface area contributed by atoms with E-state index in [2.05, 4.69) is 15.4 Å². The van der Waals surface area contributed by atoms with Crippen molar-refractivity contribution in [1.29, 1.82) is 0 Å². The average molecular weight is 306 g/mol. The maximum absolute atomic E-state index is 12.3. The molecule has 8 heteroatoms. The van der Waals surface area contributed by atoms with Gasteiger partial charge < -0.3 is 15.1 Å². The minimum absolute atomic E-state index is 0.00508. The minimum Gasteiger partial charge on any atom is -0.341 e. The Balaban J connectivity index is 1.46. The van der Waals surface area contributed by atoms with Crippen LogP contribution < -0.4 is 5.32 Å². The number of rotatable bonds is 5. The first kappa shape index (κ1) is 14.8. The van der Waals surface area contributed by atoms with Crippen molar-refractivity contribution in [2.45, 2.75) is 38.3 Å². The van der Waals surface area contributed by atoms with Gasteiger partial charge in [-0.25, -0.2) is 9.78 Å². The molecule has 1 N–H and O–H groups in total. The number of aryl methyl sites for hydroxylation is 1. The molecule has 0 radical (unpaired) electrons. The fraction of sp³-hybridized carbons (Fsp3) is 0.714. The number of urea groups is 1. The van der Waals surface area contributed by atoms with Crippen molar-refractivity contribution < 1.29 is 9.59 Å². The SMILES string of the molecule is O=C(CCCn1cncn1)N1CCC[C@H](N2CCNC2=O)C1. The van der Waals surface area contributed by atoms with E-state index in [-0.39, 0.29) is 18.0 Å². The lowest BCUT2D eigenvalue weighted by Crippen LogP contribution is -2.50. The Morgan fingerprint density at radius 1 is 1.41 bits per heavy atom. The van der Waals surface area contributed by atoms with Crippen molar-refractivity contribution in [2.24, 2.45) is 0 Å². The van der Waals surface area contributed by atoms with Gasteiger partial charge in [-0.3, -0.25) is 9.48 Å². The van der Waals surface area contributed by atoms with E-state index in [0.717, 1.165) is 32.4 Å². The maximum Gasteiger partial charge on any atom is 0.317 e. The highest BCUT2D eigenvalue weighted by atomic mass is 16.2. The molecule has 2 aliphatic rings. The van der Waals surface area contributed by atoms with Crippen LogP contribution in [0.5, 0.6) is 0 Å². The highest BCUT2D eigenvalue weighted by Crippen LogP contribution is 2.18. The summed E-state index contributed by atoms with van der Waals surface area (Å²) in [5.74, 6) is 0.171. The van der Waals surface area contributed by atoms with Crippen molar-refractivity contribution in [3.05, 3.63) is 12.7 Å². The van der Waals surface area contributed by atoms with Gasteiger partial charge in [0, 0.05) is 39.1 Å². The molecule has 0 saturated carbocycles. The van der Waals surface area contributed by atoms with Gasteiger partial charge in [0.1, 0.15) is 12.7 Å². The van der Waals surface area contributed by atoms with Gasteiger partial charge in [-0.15, -0.1) is 0 Å². The van der Waals surface area contributed by atoms with Crippen molar-refractivity contribution >= 4 is 11.9 Å². The van der Waals surface area contributed by atoms with Crippen molar-refractivity contribution in [3.8, 4) is 0 Å². The summed E-state index contributed by atoms with van der Waals surface area (Å²) in [6.07, 6.45) is 6.37. The number of piperidine rings is 1. The molecule has 0 aromatic carbocycles. The van der Waals surface area contributed by atoms with Crippen LogP contribution in [0.25, 0.3) is 0 Å². The molecule has 8 nitrogen and oxygen atoms in total. The average Bonchev–Trinajstić information content (AvgIpc) is 3.19. The van der Waals surface area contributed by atoms with E-state index in [1.807, 2.05) is 9.80 Å². The molecule has 120 valence electrons. The number of amides is 3. The number of nitrogens with one attached hydrogen (secondary N) is 1. The van der Waals surface area contributed by atoms with Crippen molar-refractivity contribution in [2.75, 3.05) is 26.2 Å². The standard InChI is InChI=1S/C14H22N6O2/c21-13(4-2-7-19-11-15-10-17-19)18-6-1-3-12(9-18)20-8-5-16-14(20)22/h10-12H,1-9H2,(H,16,22)/t12-/m0/s1. The van der Waals surface area contributed by atoms with Gasteiger partial charge in [0.05, 0.1) is 6.04 Å². The summed E-state index contributed by atoms with van der Waals surface area (Å²) in [6, 6.07) is 0.168. The molecule has 0 spiro atoms. The van der Waals surface area contributed by atoms with Crippen LogP contribution in [-0.4, -0.2) is 68.7 Å². The number of carbonyl (C=O) groups is 2. The molecule has 3 heterocycles. The predicted octanol–water partition coefficient (Wildman–Crippen LogP) is 0.0745. The first-order valence-electron chi connectivity index (χ1n) is 7.88. The first-order chi connectivity index (χ1) is 10.7. The Bertz CT molecular complexity index is 517. The third-order valence-corrected chi connectivity index (χ3v) is 4.32. The van der Waals surface area contributed by atoms with Gasteiger partial charge in [0.2, 0.25) is 5.91 Å². The van der Waals surface area contributed by atoms with Gasteiger partial charge in [-0.2, -0.15) is 5.10 Å². The van der Waals surface area contributed by atoms with Crippen LogP contribution in [0.3, 0.4) is 0 Å². The molecule has 0 unspecified atom stereocenters. The van der Waals surface area contributed by atoms with Crippen LogP contribution in [0.1, 0.15) is 25.7 Å². The van der Waals surface area contributed by atoms with E-state index in [9.17, 15) is 9.59 Å². The maximum atomic E-state index is 12.3. The number of hydrogen-bond donors (Lipinski definition) is 1. The molecular formula is C14H22N6O2. The summed E-state index contributed by atoms with van der Waals surface area (Å²) in [6.45, 7) is 3.63. The largest absolute Gasteiger partial charge is 0.341 e. The van der Waals surface area contributed by atoms with Crippen molar-refractivity contribution in [3.63, 3.8) is 0 Å². The smallest absolute Gasteiger partial charge is 0.317 e. The van der Waals surface area contributed by atoms with Crippen LogP contribution in [0.15, 0.2) is 12.7 Å². The highest BCUT2D eigenvalue weighted by molar-refractivity contribution is 5.78. The Labute approximate surface area is 129 Å². The lowest BCUT2D eigenvalue weighted by atomic mass is 10.0. The minimum atomic E-state index is 0.00508. The van der Waals surface area contributed by atoms with Gasteiger partial charge in [0.15, 0.2) is 0 Å². The zero-order valence-corrected chi connectivity index (χ0v) is 12.6. The predicted molar refractivity (Wildman–Crippen MR) is 79.0 cm³/mol. The molecule has 3 rings (SSSR count). The van der Waals surface area contributed by atoms with E-state index >= 15 is 0 Å². The molecule has 1 aromatic heterocycles. The Morgan fingerprint density at radius 2 is 2.32 bits per heavy atom. The zero-order valence-electron chi connectivity index (χ0n) is 12.6. The molecule has 2 fully saturated rings. The second kappa shape index (κ2) is 6.76. The van der Waals surface area contributed by atoms with E-state index in [0.29, 0.717) is 26.1 Å². The summed E-state index contributed by atoms with van der Waals surface area (Å²) in [4.78, 5) is 31.7. The Hall–Kier alpha value is -2.12. The molecular weight excluding hydrogens is 284 g/mol. The summed E-state index contributed by atoms with van der Waals surface area (Å²) < 4.78 is 1.74.